The van der Waals surface area contributed by atoms with Gasteiger partial charge in [0.2, 0.25) is 0 Å². The Morgan fingerprint density at radius 1 is 0.800 bits per heavy atom. The lowest BCUT2D eigenvalue weighted by atomic mass is 10.0. The number of nitrogens with zero attached hydrogens (tertiary/aromatic N) is 1. The van der Waals surface area contributed by atoms with E-state index in [4.69, 9.17) is 9.84 Å². The first kappa shape index (κ1) is 31.3. The van der Waals surface area contributed by atoms with Crippen LogP contribution in [0.15, 0.2) is 0 Å². The van der Waals surface area contributed by atoms with E-state index in [1.165, 1.54) is 51.4 Å². The minimum absolute atomic E-state index is 0. The van der Waals surface area contributed by atoms with Gasteiger partial charge in [-0.15, -0.1) is 12.4 Å². The van der Waals surface area contributed by atoms with E-state index >= 15 is 0 Å². The molecule has 7 heteroatoms. The second-order valence-electron chi connectivity index (χ2n) is 9.23. The Labute approximate surface area is 190 Å². The Morgan fingerprint density at radius 3 is 1.57 bits per heavy atom. The number of carboxylic acid groups (broad SMARTS) is 1. The number of quaternary nitrogens is 1. The van der Waals surface area contributed by atoms with E-state index < -0.39 is 12.1 Å². The molecule has 0 amide bonds. The highest BCUT2D eigenvalue weighted by Crippen LogP contribution is 2.13. The molecule has 0 bridgehead atoms. The Hall–Kier alpha value is -0.850. The van der Waals surface area contributed by atoms with E-state index in [9.17, 15) is 14.7 Å². The number of halogens is 1. The van der Waals surface area contributed by atoms with Crippen LogP contribution in [0.25, 0.3) is 0 Å². The minimum atomic E-state index is -1.18. The van der Waals surface area contributed by atoms with Crippen molar-refractivity contribution in [2.24, 2.45) is 0 Å². The highest BCUT2D eigenvalue weighted by Gasteiger charge is 2.22. The molecular weight excluding hydrogens is 406 g/mol. The van der Waals surface area contributed by atoms with Crippen molar-refractivity contribution in [2.75, 3.05) is 34.3 Å². The third-order valence-electron chi connectivity index (χ3n) is 4.98. The lowest BCUT2D eigenvalue weighted by molar-refractivity contribution is -0.873. The Morgan fingerprint density at radius 2 is 1.20 bits per heavy atom. The molecule has 30 heavy (non-hydrogen) atoms. The van der Waals surface area contributed by atoms with Crippen LogP contribution in [0.5, 0.6) is 0 Å². The number of hydrogen-bond donors (Lipinski definition) is 1. The molecule has 0 aromatic rings. The first-order chi connectivity index (χ1) is 13.7. The van der Waals surface area contributed by atoms with Crippen LogP contribution in [-0.4, -0.2) is 61.9 Å². The molecular formula is C23H46ClNO5. The van der Waals surface area contributed by atoms with Crippen molar-refractivity contribution in [1.29, 1.82) is 0 Å². The van der Waals surface area contributed by atoms with Gasteiger partial charge in [0.1, 0.15) is 6.54 Å². The number of ether oxygens (including phenoxy) is 1. The second-order valence-corrected chi connectivity index (χ2v) is 9.23. The van der Waals surface area contributed by atoms with Crippen molar-refractivity contribution in [3.05, 3.63) is 0 Å². The van der Waals surface area contributed by atoms with Gasteiger partial charge in [-0.3, -0.25) is 4.79 Å². The lowest BCUT2D eigenvalue weighted by Gasteiger charge is -2.29. The summed E-state index contributed by atoms with van der Waals surface area (Å²) in [5.41, 5.74) is 0. The SMILES string of the molecule is C[N+](C)(C)CC(CC(=O)[O-])OC(=O)CCCCCCCCCCCCCCCO.Cl. The second kappa shape index (κ2) is 20.1. The number of carboxylic acids is 1. The molecule has 0 aliphatic rings. The smallest absolute Gasteiger partial charge is 0.306 e. The third kappa shape index (κ3) is 23.4. The van der Waals surface area contributed by atoms with Gasteiger partial charge >= 0.3 is 5.97 Å². The molecule has 0 saturated carbocycles. The molecule has 0 fully saturated rings. The number of rotatable bonds is 20. The standard InChI is InChI=1S/C23H45NO5.ClH/c1-24(2,3)20-21(19-22(26)27)29-23(28)17-15-13-11-9-7-5-4-6-8-10-12-14-16-18-25;/h21,25H,4-20H2,1-3H3;1H. The predicted molar refractivity (Wildman–Crippen MR) is 121 cm³/mol. The summed E-state index contributed by atoms with van der Waals surface area (Å²) < 4.78 is 5.90. The average molecular weight is 452 g/mol. The van der Waals surface area contributed by atoms with E-state index in [2.05, 4.69) is 0 Å². The maximum absolute atomic E-state index is 12.0. The molecule has 0 spiro atoms. The monoisotopic (exact) mass is 451 g/mol. The van der Waals surface area contributed by atoms with Crippen molar-refractivity contribution in [3.63, 3.8) is 0 Å². The Balaban J connectivity index is 0. The van der Waals surface area contributed by atoms with E-state index in [1.807, 2.05) is 21.1 Å². The summed E-state index contributed by atoms with van der Waals surface area (Å²) in [5, 5.41) is 19.6. The molecule has 0 aliphatic heterocycles. The van der Waals surface area contributed by atoms with Crippen LogP contribution in [0.1, 0.15) is 96.3 Å². The minimum Gasteiger partial charge on any atom is -0.550 e. The van der Waals surface area contributed by atoms with Gasteiger partial charge < -0.3 is 24.2 Å². The number of aliphatic hydroxyl groups is 1. The topological polar surface area (TPSA) is 86.7 Å². The summed E-state index contributed by atoms with van der Waals surface area (Å²) in [7, 11) is 5.82. The zero-order valence-electron chi connectivity index (χ0n) is 19.5. The van der Waals surface area contributed by atoms with Gasteiger partial charge in [-0.1, -0.05) is 70.6 Å². The molecule has 0 aromatic carbocycles. The summed E-state index contributed by atoms with van der Waals surface area (Å²) in [6.45, 7) is 0.781. The zero-order chi connectivity index (χ0) is 22.0. The van der Waals surface area contributed by atoms with Crippen LogP contribution < -0.4 is 5.11 Å². The van der Waals surface area contributed by atoms with Gasteiger partial charge in [0, 0.05) is 25.4 Å². The number of aliphatic hydroxyl groups excluding tert-OH is 1. The molecule has 0 radical (unpaired) electrons. The van der Waals surface area contributed by atoms with Gasteiger partial charge in [-0.2, -0.15) is 0 Å². The van der Waals surface area contributed by atoms with E-state index in [0.717, 1.165) is 32.1 Å². The number of aliphatic carboxylic acids is 1. The fourth-order valence-electron chi connectivity index (χ4n) is 3.51. The number of carbonyl (C=O) groups is 2. The van der Waals surface area contributed by atoms with Gasteiger partial charge in [-0.05, 0) is 12.8 Å². The van der Waals surface area contributed by atoms with Gasteiger partial charge in [-0.25, -0.2) is 0 Å². The Bertz CT molecular complexity index is 426. The van der Waals surface area contributed by atoms with Crippen LogP contribution >= 0.6 is 12.4 Å². The Kier molecular flexibility index (Phi) is 21.0. The number of carbonyl (C=O) groups excluding carboxylic acids is 2. The molecule has 0 saturated heterocycles. The quantitative estimate of drug-likeness (QED) is 0.173. The zero-order valence-corrected chi connectivity index (χ0v) is 20.4. The van der Waals surface area contributed by atoms with Crippen LogP contribution in [0.3, 0.4) is 0 Å². The van der Waals surface area contributed by atoms with E-state index in [0.29, 0.717) is 24.1 Å². The van der Waals surface area contributed by atoms with Crippen molar-refractivity contribution in [3.8, 4) is 0 Å². The van der Waals surface area contributed by atoms with Crippen molar-refractivity contribution >= 4 is 24.3 Å². The van der Waals surface area contributed by atoms with Crippen molar-refractivity contribution in [2.45, 2.75) is 102 Å². The summed E-state index contributed by atoms with van der Waals surface area (Å²) in [5.74, 6) is -1.48. The maximum atomic E-state index is 12.0. The highest BCUT2D eigenvalue weighted by molar-refractivity contribution is 5.85. The molecule has 1 unspecified atom stereocenters. The molecule has 1 atom stereocenters. The fraction of sp³-hybridized carbons (Fsp3) is 0.913. The number of hydrogen-bond acceptors (Lipinski definition) is 5. The van der Waals surface area contributed by atoms with Gasteiger partial charge in [0.25, 0.3) is 0 Å². The summed E-state index contributed by atoms with van der Waals surface area (Å²) in [6.07, 6.45) is 14.7. The molecule has 1 N–H and O–H groups in total. The predicted octanol–water partition coefficient (Wildman–Crippen LogP) is 3.62. The molecule has 0 aromatic heterocycles. The number of esters is 1. The van der Waals surface area contributed by atoms with Gasteiger partial charge in [0.15, 0.2) is 6.10 Å². The van der Waals surface area contributed by atoms with Crippen LogP contribution in [0, 0.1) is 0 Å². The van der Waals surface area contributed by atoms with E-state index in [1.54, 1.807) is 0 Å². The highest BCUT2D eigenvalue weighted by atomic mass is 35.5. The van der Waals surface area contributed by atoms with Crippen molar-refractivity contribution < 1.29 is 29.0 Å². The van der Waals surface area contributed by atoms with Crippen LogP contribution in [-0.2, 0) is 14.3 Å². The molecule has 180 valence electrons. The average Bonchev–Trinajstić information content (AvgIpc) is 2.60. The van der Waals surface area contributed by atoms with Crippen LogP contribution in [0.4, 0.5) is 0 Å². The fourth-order valence-corrected chi connectivity index (χ4v) is 3.51. The summed E-state index contributed by atoms with van der Waals surface area (Å²) in [4.78, 5) is 22.8. The molecule has 0 heterocycles. The van der Waals surface area contributed by atoms with Gasteiger partial charge in [0.05, 0.1) is 21.1 Å². The number of unbranched alkanes of at least 4 members (excludes halogenated alkanes) is 12. The first-order valence-electron chi connectivity index (χ1n) is 11.5. The first-order valence-corrected chi connectivity index (χ1v) is 11.5. The summed E-state index contributed by atoms with van der Waals surface area (Å²) in [6, 6.07) is 0. The molecule has 0 aliphatic carbocycles. The third-order valence-corrected chi connectivity index (χ3v) is 4.98. The molecule has 6 nitrogen and oxygen atoms in total. The normalized spacial score (nSPS) is 12.3. The largest absolute Gasteiger partial charge is 0.550 e. The van der Waals surface area contributed by atoms with Crippen molar-refractivity contribution in [1.82, 2.24) is 0 Å². The van der Waals surface area contributed by atoms with Crippen LogP contribution in [0.2, 0.25) is 0 Å². The maximum Gasteiger partial charge on any atom is 0.306 e. The number of likely N-dealkylation sites (N-methyl/N-ethyl adjacent to an activating group) is 1. The van der Waals surface area contributed by atoms with E-state index in [-0.39, 0.29) is 24.8 Å². The molecule has 0 rings (SSSR count). The summed E-state index contributed by atoms with van der Waals surface area (Å²) >= 11 is 0. The lowest BCUT2D eigenvalue weighted by Crippen LogP contribution is -2.45.